The molecular weight excluding hydrogens is 202 g/mol. The summed E-state index contributed by atoms with van der Waals surface area (Å²) in [7, 11) is 0. The first-order valence-electron chi connectivity index (χ1n) is 3.37. The first-order valence-corrected chi connectivity index (χ1v) is 3.37. The summed E-state index contributed by atoms with van der Waals surface area (Å²) in [5.74, 6) is -4.52. The van der Waals surface area contributed by atoms with Gasteiger partial charge < -0.3 is 4.74 Å². The zero-order chi connectivity index (χ0) is 10.7. The number of alkyl halides is 6. The second-order valence-corrected chi connectivity index (χ2v) is 2.27. The van der Waals surface area contributed by atoms with Gasteiger partial charge in [-0.15, -0.1) is 0 Å². The predicted octanol–water partition coefficient (Wildman–Crippen LogP) is 2.56. The predicted molar refractivity (Wildman–Crippen MR) is 32.4 cm³/mol. The van der Waals surface area contributed by atoms with Crippen molar-refractivity contribution in [2.24, 2.45) is 0 Å². The lowest BCUT2D eigenvalue weighted by molar-refractivity contribution is -0.286. The van der Waals surface area contributed by atoms with Crippen molar-refractivity contribution in [2.75, 3.05) is 13.3 Å². The fraction of sp³-hybridized carbons (Fsp3) is 1.00. The van der Waals surface area contributed by atoms with Gasteiger partial charge in [0, 0.05) is 6.61 Å². The zero-order valence-corrected chi connectivity index (χ0v) is 6.67. The Hall–Kier alpha value is -0.460. The van der Waals surface area contributed by atoms with E-state index in [2.05, 4.69) is 4.74 Å². The average molecular weight is 210 g/mol. The van der Waals surface area contributed by atoms with Gasteiger partial charge in [0.05, 0.1) is 0 Å². The Morgan fingerprint density at radius 2 is 1.62 bits per heavy atom. The Kier molecular flexibility index (Phi) is 4.02. The summed E-state index contributed by atoms with van der Waals surface area (Å²) in [6.45, 7) is -1.83. The number of halogens is 6. The van der Waals surface area contributed by atoms with Crippen LogP contribution in [-0.4, -0.2) is 31.5 Å². The van der Waals surface area contributed by atoms with Crippen LogP contribution in [0.1, 0.15) is 6.92 Å². The van der Waals surface area contributed by atoms with Crippen molar-refractivity contribution in [3.63, 3.8) is 0 Å². The molecule has 0 aromatic heterocycles. The maximum atomic E-state index is 12.3. The highest BCUT2D eigenvalue weighted by Crippen LogP contribution is 2.34. The van der Waals surface area contributed by atoms with Crippen LogP contribution in [-0.2, 0) is 4.74 Å². The van der Waals surface area contributed by atoms with Gasteiger partial charge in [-0.05, 0) is 6.92 Å². The van der Waals surface area contributed by atoms with E-state index in [1.807, 2.05) is 0 Å². The molecule has 0 fully saturated rings. The van der Waals surface area contributed by atoms with Crippen LogP contribution in [0.3, 0.4) is 0 Å². The molecule has 0 spiro atoms. The summed E-state index contributed by atoms with van der Waals surface area (Å²) in [5, 5.41) is 0. The van der Waals surface area contributed by atoms with Crippen molar-refractivity contribution in [3.8, 4) is 0 Å². The van der Waals surface area contributed by atoms with Crippen molar-refractivity contribution in [1.29, 1.82) is 0 Å². The van der Waals surface area contributed by atoms with Crippen molar-refractivity contribution >= 4 is 0 Å². The van der Waals surface area contributed by atoms with Crippen molar-refractivity contribution in [3.05, 3.63) is 0 Å². The Bertz CT molecular complexity index is 154. The second-order valence-electron chi connectivity index (χ2n) is 2.27. The van der Waals surface area contributed by atoms with Crippen LogP contribution in [0.15, 0.2) is 0 Å². The molecule has 0 saturated carbocycles. The molecule has 0 saturated heterocycles. The van der Waals surface area contributed by atoms with Gasteiger partial charge in [-0.25, -0.2) is 13.2 Å². The number of hydrogen-bond acceptors (Lipinski definition) is 1. The maximum Gasteiger partial charge on any atom is 0.420 e. The van der Waals surface area contributed by atoms with Crippen molar-refractivity contribution < 1.29 is 31.1 Å². The van der Waals surface area contributed by atoms with Gasteiger partial charge in [-0.2, -0.15) is 13.2 Å². The van der Waals surface area contributed by atoms with Gasteiger partial charge in [0.25, 0.3) is 0 Å². The van der Waals surface area contributed by atoms with Crippen molar-refractivity contribution in [2.45, 2.75) is 25.1 Å². The lowest BCUT2D eigenvalue weighted by Crippen LogP contribution is -2.48. The number of hydrogen-bond donors (Lipinski definition) is 0. The molecule has 0 amide bonds. The van der Waals surface area contributed by atoms with Crippen LogP contribution in [0.25, 0.3) is 0 Å². The summed E-state index contributed by atoms with van der Waals surface area (Å²) >= 11 is 0. The molecule has 1 atom stereocenters. The summed E-state index contributed by atoms with van der Waals surface area (Å²) in [4.78, 5) is 0. The molecule has 1 unspecified atom stereocenters. The molecule has 80 valence electrons. The van der Waals surface area contributed by atoms with Crippen LogP contribution in [0.2, 0.25) is 0 Å². The van der Waals surface area contributed by atoms with E-state index >= 15 is 0 Å². The van der Waals surface area contributed by atoms with Gasteiger partial charge in [0.2, 0.25) is 6.10 Å². The van der Waals surface area contributed by atoms with E-state index in [1.165, 1.54) is 0 Å². The van der Waals surface area contributed by atoms with Crippen LogP contribution in [0, 0.1) is 0 Å². The third-order valence-corrected chi connectivity index (χ3v) is 1.19. The Balaban J connectivity index is 4.60. The SMILES string of the molecule is CCOC(C(F)(F)F)C(F)(F)CF. The van der Waals surface area contributed by atoms with Crippen LogP contribution < -0.4 is 0 Å². The molecule has 0 heterocycles. The molecule has 0 aromatic carbocycles. The minimum atomic E-state index is -5.26. The molecule has 0 aliphatic carbocycles. The lowest BCUT2D eigenvalue weighted by atomic mass is 10.2. The molecule has 13 heavy (non-hydrogen) atoms. The minimum Gasteiger partial charge on any atom is -0.363 e. The molecule has 7 heteroatoms. The first-order chi connectivity index (χ1) is 5.75. The Morgan fingerprint density at radius 3 is 1.85 bits per heavy atom. The fourth-order valence-corrected chi connectivity index (χ4v) is 0.693. The third-order valence-electron chi connectivity index (χ3n) is 1.19. The highest BCUT2D eigenvalue weighted by Gasteiger charge is 2.56. The molecular formula is C6H8F6O. The summed E-state index contributed by atoms with van der Waals surface area (Å²) in [6.07, 6.45) is -8.62. The van der Waals surface area contributed by atoms with E-state index in [9.17, 15) is 26.3 Å². The molecule has 0 bridgehead atoms. The van der Waals surface area contributed by atoms with Crippen LogP contribution in [0.5, 0.6) is 0 Å². The minimum absolute atomic E-state index is 0.556. The van der Waals surface area contributed by atoms with Gasteiger partial charge in [0.15, 0.2) is 6.67 Å². The average Bonchev–Trinajstić information content (AvgIpc) is 1.98. The van der Waals surface area contributed by atoms with Gasteiger partial charge in [0.1, 0.15) is 0 Å². The number of ether oxygens (including phenoxy) is 1. The van der Waals surface area contributed by atoms with E-state index in [0.717, 1.165) is 6.92 Å². The highest BCUT2D eigenvalue weighted by atomic mass is 19.4. The van der Waals surface area contributed by atoms with E-state index in [4.69, 9.17) is 0 Å². The third kappa shape index (κ3) is 3.41. The van der Waals surface area contributed by atoms with Gasteiger partial charge >= 0.3 is 12.1 Å². The molecule has 0 rings (SSSR count). The summed E-state index contributed by atoms with van der Waals surface area (Å²) in [6, 6.07) is 0. The van der Waals surface area contributed by atoms with E-state index in [1.54, 1.807) is 0 Å². The summed E-state index contributed by atoms with van der Waals surface area (Å²) < 4.78 is 75.3. The quantitative estimate of drug-likeness (QED) is 0.648. The molecule has 0 aliphatic heterocycles. The Labute approximate surface area is 70.7 Å². The van der Waals surface area contributed by atoms with Crippen LogP contribution in [0.4, 0.5) is 26.3 Å². The Morgan fingerprint density at radius 1 is 1.15 bits per heavy atom. The molecule has 1 nitrogen and oxygen atoms in total. The zero-order valence-electron chi connectivity index (χ0n) is 6.67. The van der Waals surface area contributed by atoms with Gasteiger partial charge in [-0.3, -0.25) is 0 Å². The van der Waals surface area contributed by atoms with E-state index in [0.29, 0.717) is 0 Å². The van der Waals surface area contributed by atoms with Crippen LogP contribution >= 0.6 is 0 Å². The maximum absolute atomic E-state index is 12.3. The first kappa shape index (κ1) is 12.5. The smallest absolute Gasteiger partial charge is 0.363 e. The van der Waals surface area contributed by atoms with Crippen molar-refractivity contribution in [1.82, 2.24) is 0 Å². The highest BCUT2D eigenvalue weighted by molar-refractivity contribution is 4.83. The monoisotopic (exact) mass is 210 g/mol. The normalized spacial score (nSPS) is 15.9. The molecule has 0 aromatic rings. The topological polar surface area (TPSA) is 9.23 Å². The second kappa shape index (κ2) is 4.17. The molecule has 0 N–H and O–H groups in total. The molecule has 0 radical (unpaired) electrons. The van der Waals surface area contributed by atoms with Gasteiger partial charge in [-0.1, -0.05) is 0 Å². The fourth-order valence-electron chi connectivity index (χ4n) is 0.693. The lowest BCUT2D eigenvalue weighted by Gasteiger charge is -2.26. The summed E-state index contributed by atoms with van der Waals surface area (Å²) in [5.41, 5.74) is 0. The van der Waals surface area contributed by atoms with E-state index in [-0.39, 0.29) is 0 Å². The standard InChI is InChI=1S/C6H8F6O/c1-2-13-4(6(10,11)12)5(8,9)3-7/h4H,2-3H2,1H3. The largest absolute Gasteiger partial charge is 0.420 e. The van der Waals surface area contributed by atoms with E-state index < -0.39 is 31.5 Å². The molecule has 0 aliphatic rings. The number of rotatable bonds is 4.